The predicted octanol–water partition coefficient (Wildman–Crippen LogP) is 3.57. The van der Waals surface area contributed by atoms with Crippen molar-refractivity contribution in [3.05, 3.63) is 102 Å². The number of nitrogens with zero attached hydrogens (tertiary/aromatic N) is 5. The number of carbonyl (C=O) groups excluding carboxylic acids is 1. The summed E-state index contributed by atoms with van der Waals surface area (Å²) in [7, 11) is 0. The Labute approximate surface area is 167 Å². The summed E-state index contributed by atoms with van der Waals surface area (Å²) in [5, 5.41) is 23.5. The molecule has 0 fully saturated rings. The summed E-state index contributed by atoms with van der Waals surface area (Å²) in [6.07, 6.45) is 1.47. The summed E-state index contributed by atoms with van der Waals surface area (Å²) in [4.78, 5) is 12.6. The molecule has 1 N–H and O–H groups in total. The van der Waals surface area contributed by atoms with Gasteiger partial charge in [0.2, 0.25) is 0 Å². The SMILES string of the molecule is N#CC(c1ccccc1)c1ccc(NC(=O)c2cccc(-n3cnnn3)c2)cc1. The summed E-state index contributed by atoms with van der Waals surface area (Å²) in [5.74, 6) is -0.596. The number of tetrazole rings is 1. The summed E-state index contributed by atoms with van der Waals surface area (Å²) in [5.41, 5.74) is 3.64. The molecule has 0 bridgehead atoms. The van der Waals surface area contributed by atoms with Crippen LogP contribution in [0.25, 0.3) is 5.69 Å². The number of aromatic nitrogens is 4. The first-order valence-corrected chi connectivity index (χ1v) is 8.94. The summed E-state index contributed by atoms with van der Waals surface area (Å²) in [6, 6.07) is 26.3. The zero-order valence-electron chi connectivity index (χ0n) is 15.3. The molecule has 1 heterocycles. The van der Waals surface area contributed by atoms with Crippen LogP contribution in [0.15, 0.2) is 85.2 Å². The minimum Gasteiger partial charge on any atom is -0.322 e. The number of nitrogens with one attached hydrogen (secondary N) is 1. The summed E-state index contributed by atoms with van der Waals surface area (Å²) in [6.45, 7) is 0. The first-order chi connectivity index (χ1) is 14.2. The van der Waals surface area contributed by atoms with Crippen molar-refractivity contribution in [2.45, 2.75) is 5.92 Å². The van der Waals surface area contributed by atoms with Crippen molar-refractivity contribution in [2.24, 2.45) is 0 Å². The Morgan fingerprint density at radius 3 is 2.41 bits per heavy atom. The first-order valence-electron chi connectivity index (χ1n) is 8.94. The lowest BCUT2D eigenvalue weighted by Crippen LogP contribution is -2.12. The molecule has 7 heteroatoms. The van der Waals surface area contributed by atoms with Gasteiger partial charge < -0.3 is 5.32 Å². The molecule has 140 valence electrons. The molecule has 0 saturated heterocycles. The fourth-order valence-electron chi connectivity index (χ4n) is 3.02. The normalized spacial score (nSPS) is 11.4. The van der Waals surface area contributed by atoms with Crippen molar-refractivity contribution in [1.29, 1.82) is 5.26 Å². The van der Waals surface area contributed by atoms with Crippen molar-refractivity contribution in [1.82, 2.24) is 20.2 Å². The Kier molecular flexibility index (Phi) is 5.08. The van der Waals surface area contributed by atoms with Crippen LogP contribution in [0.2, 0.25) is 0 Å². The van der Waals surface area contributed by atoms with E-state index in [1.165, 1.54) is 11.0 Å². The van der Waals surface area contributed by atoms with E-state index in [4.69, 9.17) is 0 Å². The molecule has 0 aliphatic heterocycles. The van der Waals surface area contributed by atoms with Gasteiger partial charge in [0.15, 0.2) is 0 Å². The lowest BCUT2D eigenvalue weighted by atomic mass is 9.92. The minimum absolute atomic E-state index is 0.243. The molecule has 1 amide bonds. The molecule has 7 nitrogen and oxygen atoms in total. The Morgan fingerprint density at radius 1 is 0.966 bits per heavy atom. The van der Waals surface area contributed by atoms with Gasteiger partial charge in [0.05, 0.1) is 17.7 Å². The average molecular weight is 380 g/mol. The van der Waals surface area contributed by atoms with Crippen LogP contribution < -0.4 is 5.32 Å². The molecule has 0 radical (unpaired) electrons. The zero-order chi connectivity index (χ0) is 20.1. The largest absolute Gasteiger partial charge is 0.322 e. The van der Waals surface area contributed by atoms with Crippen LogP contribution in [0.1, 0.15) is 27.4 Å². The van der Waals surface area contributed by atoms with Crippen molar-refractivity contribution in [2.75, 3.05) is 5.32 Å². The molecule has 0 aliphatic carbocycles. The molecule has 0 aliphatic rings. The Balaban J connectivity index is 1.50. The average Bonchev–Trinajstić information content (AvgIpc) is 3.31. The number of carbonyl (C=O) groups is 1. The maximum absolute atomic E-state index is 12.6. The van der Waals surface area contributed by atoms with E-state index in [-0.39, 0.29) is 11.8 Å². The highest BCUT2D eigenvalue weighted by atomic mass is 16.1. The summed E-state index contributed by atoms with van der Waals surface area (Å²) >= 11 is 0. The molecule has 1 atom stereocenters. The second-order valence-electron chi connectivity index (χ2n) is 6.35. The Hall–Kier alpha value is -4.31. The smallest absolute Gasteiger partial charge is 0.255 e. The molecule has 4 rings (SSSR count). The molecule has 1 aromatic heterocycles. The molecule has 0 spiro atoms. The lowest BCUT2D eigenvalue weighted by Gasteiger charge is -2.11. The zero-order valence-corrected chi connectivity index (χ0v) is 15.3. The van der Waals surface area contributed by atoms with Gasteiger partial charge in [-0.2, -0.15) is 5.26 Å². The number of nitriles is 1. The maximum atomic E-state index is 12.6. The van der Waals surface area contributed by atoms with Crippen molar-refractivity contribution < 1.29 is 4.79 Å². The number of hydrogen-bond donors (Lipinski definition) is 1. The number of anilines is 1. The van der Waals surface area contributed by atoms with Gasteiger partial charge in [-0.3, -0.25) is 4.79 Å². The fraction of sp³-hybridized carbons (Fsp3) is 0.0455. The van der Waals surface area contributed by atoms with Gasteiger partial charge in [0.25, 0.3) is 5.91 Å². The van der Waals surface area contributed by atoms with Crippen LogP contribution in [0.4, 0.5) is 5.69 Å². The van der Waals surface area contributed by atoms with Crippen LogP contribution in [0.3, 0.4) is 0 Å². The Morgan fingerprint density at radius 2 is 1.72 bits per heavy atom. The second kappa shape index (κ2) is 8.15. The first kappa shape index (κ1) is 18.1. The molecule has 3 aromatic carbocycles. The van der Waals surface area contributed by atoms with Crippen LogP contribution in [0, 0.1) is 11.3 Å². The maximum Gasteiger partial charge on any atom is 0.255 e. The van der Waals surface area contributed by atoms with E-state index in [9.17, 15) is 10.1 Å². The summed E-state index contributed by atoms with van der Waals surface area (Å²) < 4.78 is 1.48. The predicted molar refractivity (Wildman–Crippen MR) is 107 cm³/mol. The number of benzene rings is 3. The minimum atomic E-state index is -0.353. The van der Waals surface area contributed by atoms with E-state index in [1.54, 1.807) is 30.3 Å². The van der Waals surface area contributed by atoms with E-state index >= 15 is 0 Å². The van der Waals surface area contributed by atoms with Crippen molar-refractivity contribution in [3.63, 3.8) is 0 Å². The molecule has 29 heavy (non-hydrogen) atoms. The van der Waals surface area contributed by atoms with Crippen LogP contribution in [0.5, 0.6) is 0 Å². The van der Waals surface area contributed by atoms with Gasteiger partial charge in [-0.25, -0.2) is 4.68 Å². The van der Waals surface area contributed by atoms with Crippen molar-refractivity contribution in [3.8, 4) is 11.8 Å². The third-order valence-corrected chi connectivity index (χ3v) is 4.49. The topological polar surface area (TPSA) is 96.5 Å². The number of hydrogen-bond acceptors (Lipinski definition) is 5. The van der Waals surface area contributed by atoms with E-state index in [0.29, 0.717) is 16.9 Å². The van der Waals surface area contributed by atoms with E-state index in [2.05, 4.69) is 26.9 Å². The van der Waals surface area contributed by atoms with Crippen LogP contribution >= 0.6 is 0 Å². The van der Waals surface area contributed by atoms with Gasteiger partial charge in [-0.1, -0.05) is 48.5 Å². The molecule has 0 saturated carbocycles. The molecule has 4 aromatic rings. The van der Waals surface area contributed by atoms with Crippen molar-refractivity contribution >= 4 is 11.6 Å². The molecular formula is C22H16N6O. The number of amides is 1. The van der Waals surface area contributed by atoms with Crippen LogP contribution in [-0.4, -0.2) is 26.1 Å². The van der Waals surface area contributed by atoms with Gasteiger partial charge >= 0.3 is 0 Å². The highest BCUT2D eigenvalue weighted by molar-refractivity contribution is 6.04. The van der Waals surface area contributed by atoms with Gasteiger partial charge in [-0.15, -0.1) is 5.10 Å². The van der Waals surface area contributed by atoms with E-state index < -0.39 is 0 Å². The molecule has 1 unspecified atom stereocenters. The van der Waals surface area contributed by atoms with E-state index in [1.807, 2.05) is 48.5 Å². The third-order valence-electron chi connectivity index (χ3n) is 4.49. The van der Waals surface area contributed by atoms with Gasteiger partial charge in [-0.05, 0) is 51.9 Å². The second-order valence-corrected chi connectivity index (χ2v) is 6.35. The standard InChI is InChI=1S/C22H16N6O/c23-14-21(16-5-2-1-3-6-16)17-9-11-19(12-10-17)25-22(29)18-7-4-8-20(13-18)28-15-24-26-27-28/h1-13,15,21H,(H,25,29). The fourth-order valence-corrected chi connectivity index (χ4v) is 3.02. The van der Waals surface area contributed by atoms with E-state index in [0.717, 1.165) is 11.1 Å². The quantitative estimate of drug-likeness (QED) is 0.571. The van der Waals surface area contributed by atoms with Gasteiger partial charge in [0.1, 0.15) is 6.33 Å². The molecular weight excluding hydrogens is 364 g/mol. The highest BCUT2D eigenvalue weighted by Crippen LogP contribution is 2.25. The monoisotopic (exact) mass is 380 g/mol. The highest BCUT2D eigenvalue weighted by Gasteiger charge is 2.13. The Bertz CT molecular complexity index is 1150. The third kappa shape index (κ3) is 4.01. The lowest BCUT2D eigenvalue weighted by molar-refractivity contribution is 0.102. The van der Waals surface area contributed by atoms with Crippen LogP contribution in [-0.2, 0) is 0 Å². The number of rotatable bonds is 5. The van der Waals surface area contributed by atoms with Gasteiger partial charge in [0, 0.05) is 11.3 Å².